The van der Waals surface area contributed by atoms with Crippen LogP contribution in [0.4, 0.5) is 0 Å². The van der Waals surface area contributed by atoms with E-state index >= 15 is 0 Å². The SMILES string of the molecule is c1n[nH]cc1CSCC1CC1. The fourth-order valence-corrected chi connectivity index (χ4v) is 2.16. The maximum atomic E-state index is 3.90. The summed E-state index contributed by atoms with van der Waals surface area (Å²) in [6.07, 6.45) is 6.79. The Hall–Kier alpha value is -0.440. The van der Waals surface area contributed by atoms with Gasteiger partial charge < -0.3 is 0 Å². The Labute approximate surface area is 70.8 Å². The number of hydrogen-bond acceptors (Lipinski definition) is 2. The van der Waals surface area contributed by atoms with Crippen molar-refractivity contribution in [3.8, 4) is 0 Å². The molecule has 1 aliphatic rings. The second kappa shape index (κ2) is 3.30. The lowest BCUT2D eigenvalue weighted by molar-refractivity contribution is 0.999. The molecule has 1 saturated carbocycles. The van der Waals surface area contributed by atoms with Gasteiger partial charge in [0.1, 0.15) is 0 Å². The zero-order chi connectivity index (χ0) is 7.52. The summed E-state index contributed by atoms with van der Waals surface area (Å²) in [5.41, 5.74) is 1.32. The molecule has 1 aromatic rings. The first-order chi connectivity index (χ1) is 5.45. The average Bonchev–Trinajstić information content (AvgIpc) is 2.66. The number of nitrogens with one attached hydrogen (secondary N) is 1. The van der Waals surface area contributed by atoms with E-state index in [2.05, 4.69) is 10.2 Å². The van der Waals surface area contributed by atoms with Gasteiger partial charge in [-0.15, -0.1) is 0 Å². The van der Waals surface area contributed by atoms with Crippen LogP contribution in [0.1, 0.15) is 18.4 Å². The first-order valence-electron chi connectivity index (χ1n) is 4.00. The molecule has 60 valence electrons. The Bertz CT molecular complexity index is 204. The highest BCUT2D eigenvalue weighted by Gasteiger charge is 2.20. The van der Waals surface area contributed by atoms with Crippen molar-refractivity contribution in [1.82, 2.24) is 10.2 Å². The van der Waals surface area contributed by atoms with E-state index in [1.54, 1.807) is 0 Å². The van der Waals surface area contributed by atoms with E-state index in [-0.39, 0.29) is 0 Å². The number of rotatable bonds is 4. The molecule has 0 saturated heterocycles. The minimum atomic E-state index is 1.03. The van der Waals surface area contributed by atoms with Gasteiger partial charge in [0.25, 0.3) is 0 Å². The minimum Gasteiger partial charge on any atom is -0.285 e. The van der Waals surface area contributed by atoms with Gasteiger partial charge in [-0.1, -0.05) is 0 Å². The standard InChI is InChI=1S/C8H12N2S/c1-2-7(1)5-11-6-8-3-9-10-4-8/h3-4,7H,1-2,5-6H2,(H,9,10). The van der Waals surface area contributed by atoms with E-state index in [1.807, 2.05) is 24.2 Å². The van der Waals surface area contributed by atoms with Crippen molar-refractivity contribution in [1.29, 1.82) is 0 Å². The van der Waals surface area contributed by atoms with Gasteiger partial charge in [0.15, 0.2) is 0 Å². The molecule has 1 fully saturated rings. The van der Waals surface area contributed by atoms with Crippen molar-refractivity contribution in [2.75, 3.05) is 5.75 Å². The molecule has 0 spiro atoms. The highest BCUT2D eigenvalue weighted by Crippen LogP contribution is 2.33. The van der Waals surface area contributed by atoms with Crippen LogP contribution in [-0.2, 0) is 5.75 Å². The van der Waals surface area contributed by atoms with E-state index in [0.29, 0.717) is 0 Å². The normalized spacial score (nSPS) is 17.1. The van der Waals surface area contributed by atoms with Gasteiger partial charge in [-0.3, -0.25) is 5.10 Å². The summed E-state index contributed by atoms with van der Waals surface area (Å²) in [5.74, 6) is 3.49. The highest BCUT2D eigenvalue weighted by molar-refractivity contribution is 7.98. The molecule has 0 unspecified atom stereocenters. The molecule has 3 heteroatoms. The van der Waals surface area contributed by atoms with Crippen molar-refractivity contribution in [3.05, 3.63) is 18.0 Å². The molecule has 2 nitrogen and oxygen atoms in total. The van der Waals surface area contributed by atoms with Crippen molar-refractivity contribution >= 4 is 11.8 Å². The molecule has 0 amide bonds. The molecule has 0 radical (unpaired) electrons. The van der Waals surface area contributed by atoms with Crippen LogP contribution in [0.15, 0.2) is 12.4 Å². The summed E-state index contributed by atoms with van der Waals surface area (Å²) in [5, 5.41) is 6.72. The molecule has 1 N–H and O–H groups in total. The molecule has 0 aliphatic heterocycles. The number of hydrogen-bond donors (Lipinski definition) is 1. The van der Waals surface area contributed by atoms with E-state index in [4.69, 9.17) is 0 Å². The predicted octanol–water partition coefficient (Wildman–Crippen LogP) is 2.05. The molecule has 0 atom stereocenters. The van der Waals surface area contributed by atoms with E-state index in [0.717, 1.165) is 11.7 Å². The first-order valence-corrected chi connectivity index (χ1v) is 5.16. The molecule has 11 heavy (non-hydrogen) atoms. The number of nitrogens with zero attached hydrogens (tertiary/aromatic N) is 1. The summed E-state index contributed by atoms with van der Waals surface area (Å²) >= 11 is 2.02. The van der Waals surface area contributed by atoms with Crippen LogP contribution in [0.25, 0.3) is 0 Å². The van der Waals surface area contributed by atoms with Gasteiger partial charge in [-0.25, -0.2) is 0 Å². The van der Waals surface area contributed by atoms with Gasteiger partial charge in [-0.05, 0) is 30.1 Å². The van der Waals surface area contributed by atoms with Crippen molar-refractivity contribution in [3.63, 3.8) is 0 Å². The summed E-state index contributed by atoms with van der Waals surface area (Å²) in [6.45, 7) is 0. The number of thioether (sulfide) groups is 1. The summed E-state index contributed by atoms with van der Waals surface area (Å²) in [7, 11) is 0. The largest absolute Gasteiger partial charge is 0.285 e. The van der Waals surface area contributed by atoms with Gasteiger partial charge in [-0.2, -0.15) is 16.9 Å². The van der Waals surface area contributed by atoms with Crippen LogP contribution < -0.4 is 0 Å². The Morgan fingerprint density at radius 3 is 3.18 bits per heavy atom. The van der Waals surface area contributed by atoms with Crippen LogP contribution in [0, 0.1) is 5.92 Å². The fourth-order valence-electron chi connectivity index (χ4n) is 0.985. The summed E-state index contributed by atoms with van der Waals surface area (Å²) < 4.78 is 0. The van der Waals surface area contributed by atoms with Crippen LogP contribution in [0.2, 0.25) is 0 Å². The molecular weight excluding hydrogens is 156 g/mol. The Morgan fingerprint density at radius 2 is 2.55 bits per heavy atom. The van der Waals surface area contributed by atoms with Crippen molar-refractivity contribution < 1.29 is 0 Å². The zero-order valence-electron chi connectivity index (χ0n) is 6.42. The molecule has 2 rings (SSSR count). The fraction of sp³-hybridized carbons (Fsp3) is 0.625. The lowest BCUT2D eigenvalue weighted by Crippen LogP contribution is -1.82. The van der Waals surface area contributed by atoms with Gasteiger partial charge in [0.2, 0.25) is 0 Å². The van der Waals surface area contributed by atoms with Crippen LogP contribution in [0.5, 0.6) is 0 Å². The third-order valence-corrected chi connectivity index (χ3v) is 3.12. The lowest BCUT2D eigenvalue weighted by Gasteiger charge is -1.94. The Morgan fingerprint density at radius 1 is 1.64 bits per heavy atom. The maximum Gasteiger partial charge on any atom is 0.0527 e. The highest BCUT2D eigenvalue weighted by atomic mass is 32.2. The summed E-state index contributed by atoms with van der Waals surface area (Å²) in [4.78, 5) is 0. The van der Waals surface area contributed by atoms with Gasteiger partial charge in [0.05, 0.1) is 6.20 Å². The van der Waals surface area contributed by atoms with Gasteiger partial charge in [0, 0.05) is 11.9 Å². The average molecular weight is 168 g/mol. The molecule has 1 heterocycles. The number of H-pyrrole nitrogens is 1. The molecular formula is C8H12N2S. The lowest BCUT2D eigenvalue weighted by atomic mass is 10.4. The molecule has 1 aliphatic carbocycles. The Balaban J connectivity index is 1.66. The number of aromatic nitrogens is 2. The number of aromatic amines is 1. The van der Waals surface area contributed by atoms with Crippen LogP contribution in [-0.4, -0.2) is 16.0 Å². The second-order valence-corrected chi connectivity index (χ2v) is 4.10. The van der Waals surface area contributed by atoms with E-state index < -0.39 is 0 Å². The zero-order valence-corrected chi connectivity index (χ0v) is 7.23. The quantitative estimate of drug-likeness (QED) is 0.745. The first kappa shape index (κ1) is 7.22. The monoisotopic (exact) mass is 168 g/mol. The topological polar surface area (TPSA) is 28.7 Å². The van der Waals surface area contributed by atoms with Gasteiger partial charge >= 0.3 is 0 Å². The molecule has 1 aromatic heterocycles. The minimum absolute atomic E-state index is 1.03. The molecule has 0 bridgehead atoms. The third-order valence-electron chi connectivity index (χ3n) is 1.87. The second-order valence-electron chi connectivity index (χ2n) is 3.07. The third kappa shape index (κ3) is 2.26. The van der Waals surface area contributed by atoms with Crippen molar-refractivity contribution in [2.45, 2.75) is 18.6 Å². The van der Waals surface area contributed by atoms with E-state index in [9.17, 15) is 0 Å². The summed E-state index contributed by atoms with van der Waals surface area (Å²) in [6, 6.07) is 0. The maximum absolute atomic E-state index is 3.90. The van der Waals surface area contributed by atoms with Crippen LogP contribution in [0.3, 0.4) is 0 Å². The van der Waals surface area contributed by atoms with E-state index in [1.165, 1.54) is 24.2 Å². The molecule has 0 aromatic carbocycles. The van der Waals surface area contributed by atoms with Crippen LogP contribution >= 0.6 is 11.8 Å². The Kier molecular flexibility index (Phi) is 2.17. The smallest absolute Gasteiger partial charge is 0.0527 e. The van der Waals surface area contributed by atoms with Crippen molar-refractivity contribution in [2.24, 2.45) is 5.92 Å². The predicted molar refractivity (Wildman–Crippen MR) is 47.5 cm³/mol.